The number of hydrogen-bond donors (Lipinski definition) is 1. The number of methoxy groups -OCH3 is 1. The molecule has 0 radical (unpaired) electrons. The lowest BCUT2D eigenvalue weighted by atomic mass is 10.1. The Balaban J connectivity index is 1.82. The van der Waals surface area contributed by atoms with E-state index in [2.05, 4.69) is 0 Å². The van der Waals surface area contributed by atoms with E-state index in [1.807, 2.05) is 0 Å². The van der Waals surface area contributed by atoms with Gasteiger partial charge in [-0.3, -0.25) is 29.4 Å². The second-order valence-corrected chi connectivity index (χ2v) is 7.90. The maximum absolute atomic E-state index is 12.7. The molecule has 2 aliphatic rings. The van der Waals surface area contributed by atoms with Crippen LogP contribution in [0.2, 0.25) is 0 Å². The van der Waals surface area contributed by atoms with Crippen LogP contribution in [0.1, 0.15) is 31.2 Å². The van der Waals surface area contributed by atoms with E-state index < -0.39 is 21.8 Å². The van der Waals surface area contributed by atoms with Crippen LogP contribution >= 0.6 is 11.8 Å². The van der Waals surface area contributed by atoms with Gasteiger partial charge in [0.15, 0.2) is 11.5 Å². The van der Waals surface area contributed by atoms with Crippen molar-refractivity contribution < 1.29 is 29.2 Å². The lowest BCUT2D eigenvalue weighted by Crippen LogP contribution is -2.42. The molecule has 0 unspecified atom stereocenters. The minimum absolute atomic E-state index is 0.0367. The van der Waals surface area contributed by atoms with Gasteiger partial charge in [0.2, 0.25) is 5.91 Å². The number of phenols is 1. The average Bonchev–Trinajstić information content (AvgIpc) is 2.91. The smallest absolute Gasteiger partial charge is 0.294 e. The molecule has 2 saturated heterocycles. The number of rotatable bonds is 5. The first kappa shape index (κ1) is 21.6. The average molecular weight is 435 g/mol. The number of nitro benzene ring substituents is 1. The summed E-state index contributed by atoms with van der Waals surface area (Å²) in [4.78, 5) is 50.5. The fourth-order valence-corrected chi connectivity index (χ4v) is 4.15. The highest BCUT2D eigenvalue weighted by Gasteiger charge is 2.37. The first-order valence-electron chi connectivity index (χ1n) is 9.40. The van der Waals surface area contributed by atoms with Gasteiger partial charge in [0.05, 0.1) is 23.0 Å². The summed E-state index contributed by atoms with van der Waals surface area (Å²) in [7, 11) is 1.24. The molecule has 1 aromatic carbocycles. The number of carbonyl (C=O) groups is 3. The summed E-state index contributed by atoms with van der Waals surface area (Å²) < 4.78 is 4.94. The van der Waals surface area contributed by atoms with Crippen molar-refractivity contribution in [1.82, 2.24) is 9.80 Å². The van der Waals surface area contributed by atoms with Crippen LogP contribution in [0, 0.1) is 10.1 Å². The van der Waals surface area contributed by atoms with Gasteiger partial charge in [-0.1, -0.05) is 12.8 Å². The quantitative estimate of drug-likeness (QED) is 0.424. The number of thioether (sulfide) groups is 1. The van der Waals surface area contributed by atoms with Crippen LogP contribution in [0.25, 0.3) is 6.08 Å². The number of hydrogen-bond acceptors (Lipinski definition) is 8. The maximum atomic E-state index is 12.7. The lowest BCUT2D eigenvalue weighted by molar-refractivity contribution is -0.385. The summed E-state index contributed by atoms with van der Waals surface area (Å²) in [5.41, 5.74) is -0.378. The number of ether oxygens (including phenoxy) is 1. The number of benzene rings is 1. The van der Waals surface area contributed by atoms with Crippen molar-refractivity contribution >= 4 is 40.6 Å². The molecule has 0 saturated carbocycles. The first-order chi connectivity index (χ1) is 14.3. The Morgan fingerprint density at radius 2 is 1.93 bits per heavy atom. The van der Waals surface area contributed by atoms with Crippen molar-refractivity contribution in [3.8, 4) is 11.5 Å². The molecule has 1 aromatic rings. The largest absolute Gasteiger partial charge is 0.504 e. The molecular formula is C19H21N3O7S. The Morgan fingerprint density at radius 3 is 2.53 bits per heavy atom. The number of phenolic OH excluding ortho intramolecular Hbond substituents is 1. The number of nitrogens with zero attached hydrogens (tertiary/aromatic N) is 3. The van der Waals surface area contributed by atoms with E-state index in [9.17, 15) is 29.6 Å². The number of nitro groups is 1. The van der Waals surface area contributed by atoms with Gasteiger partial charge < -0.3 is 14.7 Å². The topological polar surface area (TPSA) is 130 Å². The molecule has 2 aliphatic heterocycles. The van der Waals surface area contributed by atoms with E-state index in [0.29, 0.717) is 24.9 Å². The van der Waals surface area contributed by atoms with Crippen LogP contribution in [-0.2, 0) is 9.59 Å². The normalized spacial score (nSPS) is 18.6. The molecule has 1 N–H and O–H groups in total. The van der Waals surface area contributed by atoms with Gasteiger partial charge in [0.25, 0.3) is 16.8 Å². The number of imide groups is 1. The Hall–Kier alpha value is -3.08. The monoisotopic (exact) mass is 435 g/mol. The van der Waals surface area contributed by atoms with Gasteiger partial charge in [-0.25, -0.2) is 0 Å². The Labute approximate surface area is 176 Å². The molecule has 0 atom stereocenters. The molecular weight excluding hydrogens is 414 g/mol. The van der Waals surface area contributed by atoms with Crippen LogP contribution in [0.15, 0.2) is 17.0 Å². The summed E-state index contributed by atoms with van der Waals surface area (Å²) in [6.45, 7) is 0.852. The van der Waals surface area contributed by atoms with E-state index in [-0.39, 0.29) is 34.4 Å². The summed E-state index contributed by atoms with van der Waals surface area (Å²) in [5.74, 6) is -1.50. The predicted octanol–water partition coefficient (Wildman–Crippen LogP) is 2.75. The molecule has 0 aliphatic carbocycles. The third-order valence-corrected chi connectivity index (χ3v) is 5.84. The van der Waals surface area contributed by atoms with Crippen LogP contribution in [0.4, 0.5) is 10.5 Å². The molecule has 2 heterocycles. The fourth-order valence-electron chi connectivity index (χ4n) is 3.32. The highest BCUT2D eigenvalue weighted by Crippen LogP contribution is 2.39. The maximum Gasteiger partial charge on any atom is 0.294 e. The molecule has 10 nitrogen and oxygen atoms in total. The van der Waals surface area contributed by atoms with Crippen molar-refractivity contribution in [2.75, 3.05) is 26.7 Å². The minimum atomic E-state index is -0.682. The zero-order valence-corrected chi connectivity index (χ0v) is 17.1. The molecule has 160 valence electrons. The van der Waals surface area contributed by atoms with E-state index in [4.69, 9.17) is 4.74 Å². The van der Waals surface area contributed by atoms with Gasteiger partial charge >= 0.3 is 0 Å². The highest BCUT2D eigenvalue weighted by molar-refractivity contribution is 8.18. The number of non-ortho nitro benzene ring substituents is 1. The van der Waals surface area contributed by atoms with E-state index in [1.165, 1.54) is 13.2 Å². The summed E-state index contributed by atoms with van der Waals surface area (Å²) in [6, 6.07) is 2.13. The number of likely N-dealkylation sites (tertiary alicyclic amines) is 1. The van der Waals surface area contributed by atoms with Crippen molar-refractivity contribution in [2.24, 2.45) is 0 Å². The Bertz CT molecular complexity index is 923. The summed E-state index contributed by atoms with van der Waals surface area (Å²) in [5, 5.41) is 20.7. The highest BCUT2D eigenvalue weighted by atomic mass is 32.2. The minimum Gasteiger partial charge on any atom is -0.504 e. The second kappa shape index (κ2) is 9.16. The van der Waals surface area contributed by atoms with E-state index in [0.717, 1.165) is 42.7 Å². The third-order valence-electron chi connectivity index (χ3n) is 4.93. The van der Waals surface area contributed by atoms with Gasteiger partial charge in [0.1, 0.15) is 6.54 Å². The molecule has 0 aromatic heterocycles. The summed E-state index contributed by atoms with van der Waals surface area (Å²) in [6.07, 6.45) is 5.06. The van der Waals surface area contributed by atoms with Gasteiger partial charge in [-0.05, 0) is 30.7 Å². The molecule has 2 fully saturated rings. The third kappa shape index (κ3) is 4.56. The van der Waals surface area contributed by atoms with Gasteiger partial charge in [-0.2, -0.15) is 0 Å². The molecule has 0 bridgehead atoms. The molecule has 30 heavy (non-hydrogen) atoms. The van der Waals surface area contributed by atoms with E-state index >= 15 is 0 Å². The Kier molecular flexibility index (Phi) is 6.60. The SMILES string of the molecule is COc1cc([N+](=O)[O-])cc(C=C2SC(=O)N(CC(=O)N3CCCCCC3)C2=O)c1O. The van der Waals surface area contributed by atoms with Crippen molar-refractivity contribution in [1.29, 1.82) is 0 Å². The van der Waals surface area contributed by atoms with Crippen molar-refractivity contribution in [3.63, 3.8) is 0 Å². The standard InChI is InChI=1S/C19H21N3O7S/c1-29-14-10-13(22(27)28)8-12(17(14)24)9-15-18(25)21(19(26)30-15)11-16(23)20-6-4-2-3-5-7-20/h8-10,24H,2-7,11H2,1H3. The predicted molar refractivity (Wildman–Crippen MR) is 109 cm³/mol. The van der Waals surface area contributed by atoms with Gasteiger partial charge in [-0.15, -0.1) is 0 Å². The van der Waals surface area contributed by atoms with Crippen LogP contribution in [-0.4, -0.2) is 63.6 Å². The van der Waals surface area contributed by atoms with Crippen molar-refractivity contribution in [2.45, 2.75) is 25.7 Å². The number of amides is 3. The van der Waals surface area contributed by atoms with Crippen LogP contribution < -0.4 is 4.74 Å². The first-order valence-corrected chi connectivity index (χ1v) is 10.2. The molecule has 11 heteroatoms. The molecule has 3 rings (SSSR count). The zero-order valence-electron chi connectivity index (χ0n) is 16.3. The number of carbonyl (C=O) groups excluding carboxylic acids is 3. The zero-order chi connectivity index (χ0) is 21.8. The number of aromatic hydroxyl groups is 1. The summed E-state index contributed by atoms with van der Waals surface area (Å²) >= 11 is 0.612. The molecule has 3 amide bonds. The lowest BCUT2D eigenvalue weighted by Gasteiger charge is -2.22. The van der Waals surface area contributed by atoms with Crippen molar-refractivity contribution in [3.05, 3.63) is 32.7 Å². The van der Waals surface area contributed by atoms with Crippen LogP contribution in [0.5, 0.6) is 11.5 Å². The Morgan fingerprint density at radius 1 is 1.27 bits per heavy atom. The van der Waals surface area contributed by atoms with Gasteiger partial charge in [0, 0.05) is 24.7 Å². The van der Waals surface area contributed by atoms with Crippen LogP contribution in [0.3, 0.4) is 0 Å². The van der Waals surface area contributed by atoms with E-state index in [1.54, 1.807) is 4.90 Å². The second-order valence-electron chi connectivity index (χ2n) is 6.91. The molecule has 0 spiro atoms. The fraction of sp³-hybridized carbons (Fsp3) is 0.421.